The van der Waals surface area contributed by atoms with Gasteiger partial charge in [-0.2, -0.15) is 0 Å². The summed E-state index contributed by atoms with van der Waals surface area (Å²) < 4.78 is 10.2. The van der Waals surface area contributed by atoms with Crippen molar-refractivity contribution in [2.75, 3.05) is 44.5 Å². The zero-order chi connectivity index (χ0) is 19.6. The molecular weight excluding hydrogens is 346 g/mol. The van der Waals surface area contributed by atoms with Crippen LogP contribution in [0.25, 0.3) is 0 Å². The van der Waals surface area contributed by atoms with Crippen molar-refractivity contribution in [1.82, 2.24) is 4.90 Å². The molecule has 2 rings (SSSR count). The Morgan fingerprint density at radius 3 is 1.44 bits per heavy atom. The molecule has 2 N–H and O–H groups in total. The number of likely N-dealkylation sites (N-methyl/N-ethyl adjacent to an activating group) is 1. The first kappa shape index (κ1) is 20.3. The summed E-state index contributed by atoms with van der Waals surface area (Å²) in [7, 11) is 3.17. The molecule has 2 amide bonds. The summed E-state index contributed by atoms with van der Waals surface area (Å²) in [6, 6.07) is 14.2. The highest BCUT2D eigenvalue weighted by Crippen LogP contribution is 2.16. The first-order valence-electron chi connectivity index (χ1n) is 8.64. The number of rotatable bonds is 9. The van der Waals surface area contributed by atoms with Crippen molar-refractivity contribution in [3.05, 3.63) is 48.5 Å². The van der Waals surface area contributed by atoms with Crippen LogP contribution < -0.4 is 20.1 Å². The molecule has 0 fully saturated rings. The summed E-state index contributed by atoms with van der Waals surface area (Å²) in [5.41, 5.74) is 1.36. The van der Waals surface area contributed by atoms with Crippen LogP contribution in [0.1, 0.15) is 6.92 Å². The summed E-state index contributed by atoms with van der Waals surface area (Å²) in [5, 5.41) is 5.62. The van der Waals surface area contributed by atoms with Crippen LogP contribution in [0.2, 0.25) is 0 Å². The van der Waals surface area contributed by atoms with Gasteiger partial charge in [0.25, 0.3) is 0 Å². The second kappa shape index (κ2) is 10.2. The highest BCUT2D eigenvalue weighted by Gasteiger charge is 2.13. The van der Waals surface area contributed by atoms with Gasteiger partial charge < -0.3 is 20.1 Å². The summed E-state index contributed by atoms with van der Waals surface area (Å²) >= 11 is 0. The van der Waals surface area contributed by atoms with Crippen LogP contribution in [-0.4, -0.2) is 50.6 Å². The lowest BCUT2D eigenvalue weighted by Crippen LogP contribution is -2.38. The maximum atomic E-state index is 12.2. The van der Waals surface area contributed by atoms with Crippen LogP contribution in [0.3, 0.4) is 0 Å². The van der Waals surface area contributed by atoms with Crippen molar-refractivity contribution >= 4 is 23.2 Å². The Bertz CT molecular complexity index is 681. The normalized spacial score (nSPS) is 10.4. The molecule has 7 heteroatoms. The fourth-order valence-corrected chi connectivity index (χ4v) is 2.44. The number of anilines is 2. The van der Waals surface area contributed by atoms with E-state index in [1.165, 1.54) is 0 Å². The number of nitrogens with zero attached hydrogens (tertiary/aromatic N) is 1. The van der Waals surface area contributed by atoms with E-state index in [1.807, 2.05) is 6.92 Å². The number of carbonyl (C=O) groups excluding carboxylic acids is 2. The van der Waals surface area contributed by atoms with Gasteiger partial charge in [-0.1, -0.05) is 6.92 Å². The van der Waals surface area contributed by atoms with Crippen molar-refractivity contribution in [2.24, 2.45) is 0 Å². The molecule has 0 aliphatic heterocycles. The molecule has 27 heavy (non-hydrogen) atoms. The minimum Gasteiger partial charge on any atom is -0.497 e. The van der Waals surface area contributed by atoms with E-state index in [0.29, 0.717) is 17.9 Å². The van der Waals surface area contributed by atoms with Crippen LogP contribution in [0, 0.1) is 0 Å². The number of hydrogen-bond acceptors (Lipinski definition) is 5. The number of methoxy groups -OCH3 is 2. The average Bonchev–Trinajstić information content (AvgIpc) is 2.68. The van der Waals surface area contributed by atoms with E-state index in [-0.39, 0.29) is 24.9 Å². The van der Waals surface area contributed by atoms with Crippen molar-refractivity contribution in [2.45, 2.75) is 6.92 Å². The first-order chi connectivity index (χ1) is 13.0. The van der Waals surface area contributed by atoms with Crippen molar-refractivity contribution in [3.8, 4) is 11.5 Å². The summed E-state index contributed by atoms with van der Waals surface area (Å²) in [6.45, 7) is 2.73. The van der Waals surface area contributed by atoms with Gasteiger partial charge in [0.2, 0.25) is 11.8 Å². The second-order valence-corrected chi connectivity index (χ2v) is 5.86. The van der Waals surface area contributed by atoms with Gasteiger partial charge in [0.05, 0.1) is 27.3 Å². The van der Waals surface area contributed by atoms with Crippen molar-refractivity contribution < 1.29 is 19.1 Å². The third kappa shape index (κ3) is 6.63. The average molecular weight is 371 g/mol. The molecule has 0 radical (unpaired) electrons. The van der Waals surface area contributed by atoms with Gasteiger partial charge >= 0.3 is 0 Å². The maximum Gasteiger partial charge on any atom is 0.238 e. The second-order valence-electron chi connectivity index (χ2n) is 5.86. The molecule has 0 unspecified atom stereocenters. The number of hydrogen-bond donors (Lipinski definition) is 2. The van der Waals surface area contributed by atoms with E-state index in [0.717, 1.165) is 11.5 Å². The lowest BCUT2D eigenvalue weighted by Gasteiger charge is -2.19. The molecule has 7 nitrogen and oxygen atoms in total. The standard InChI is InChI=1S/C20H25N3O4/c1-4-23(13-19(24)21-15-5-9-17(26-2)10-6-15)14-20(25)22-16-7-11-18(27-3)12-8-16/h5-12H,4,13-14H2,1-3H3,(H,21,24)(H,22,25). The predicted octanol–water partition coefficient (Wildman–Crippen LogP) is 2.60. The number of carbonyl (C=O) groups is 2. The van der Waals surface area contributed by atoms with Crippen molar-refractivity contribution in [3.63, 3.8) is 0 Å². The van der Waals surface area contributed by atoms with E-state index >= 15 is 0 Å². The predicted molar refractivity (Wildman–Crippen MR) is 105 cm³/mol. The van der Waals surface area contributed by atoms with Crippen LogP contribution in [0.5, 0.6) is 11.5 Å². The number of ether oxygens (including phenoxy) is 2. The number of benzene rings is 2. The monoisotopic (exact) mass is 371 g/mol. The quantitative estimate of drug-likeness (QED) is 0.708. The van der Waals surface area contributed by atoms with Gasteiger partial charge in [0.15, 0.2) is 0 Å². The van der Waals surface area contributed by atoms with Gasteiger partial charge in [-0.05, 0) is 55.1 Å². The molecule has 0 spiro atoms. The molecule has 0 aliphatic carbocycles. The molecular formula is C20H25N3O4. The fraction of sp³-hybridized carbons (Fsp3) is 0.300. The van der Waals surface area contributed by atoms with Crippen LogP contribution >= 0.6 is 0 Å². The highest BCUT2D eigenvalue weighted by atomic mass is 16.5. The Labute approximate surface area is 159 Å². The first-order valence-corrected chi connectivity index (χ1v) is 8.64. The zero-order valence-corrected chi connectivity index (χ0v) is 15.8. The lowest BCUT2D eigenvalue weighted by molar-refractivity contribution is -0.119. The van der Waals surface area contributed by atoms with E-state index < -0.39 is 0 Å². The Hall–Kier alpha value is -3.06. The Kier molecular flexibility index (Phi) is 7.63. The molecule has 144 valence electrons. The van der Waals surface area contributed by atoms with E-state index in [2.05, 4.69) is 10.6 Å². The minimum atomic E-state index is -0.181. The number of nitrogens with one attached hydrogen (secondary N) is 2. The SMILES string of the molecule is CCN(CC(=O)Nc1ccc(OC)cc1)CC(=O)Nc1ccc(OC)cc1. The fourth-order valence-electron chi connectivity index (χ4n) is 2.44. The van der Waals surface area contributed by atoms with Gasteiger partial charge in [0.1, 0.15) is 11.5 Å². The highest BCUT2D eigenvalue weighted by molar-refractivity contribution is 5.94. The van der Waals surface area contributed by atoms with Gasteiger partial charge in [-0.3, -0.25) is 14.5 Å². The smallest absolute Gasteiger partial charge is 0.238 e. The summed E-state index contributed by atoms with van der Waals surface area (Å²) in [5.74, 6) is 1.08. The molecule has 0 aliphatic rings. The third-order valence-electron chi connectivity index (χ3n) is 3.93. The van der Waals surface area contributed by atoms with E-state index in [4.69, 9.17) is 9.47 Å². The van der Waals surface area contributed by atoms with Crippen LogP contribution in [0.4, 0.5) is 11.4 Å². The molecule has 0 heterocycles. The molecule has 0 aromatic heterocycles. The van der Waals surface area contributed by atoms with Crippen molar-refractivity contribution in [1.29, 1.82) is 0 Å². The van der Waals surface area contributed by atoms with E-state index in [1.54, 1.807) is 67.7 Å². The topological polar surface area (TPSA) is 79.9 Å². The zero-order valence-electron chi connectivity index (χ0n) is 15.8. The van der Waals surface area contributed by atoms with Gasteiger partial charge in [0, 0.05) is 11.4 Å². The van der Waals surface area contributed by atoms with Gasteiger partial charge in [-0.25, -0.2) is 0 Å². The molecule has 2 aromatic carbocycles. The van der Waals surface area contributed by atoms with E-state index in [9.17, 15) is 9.59 Å². The minimum absolute atomic E-state index is 0.124. The third-order valence-corrected chi connectivity index (χ3v) is 3.93. The largest absolute Gasteiger partial charge is 0.497 e. The van der Waals surface area contributed by atoms with Crippen LogP contribution in [0.15, 0.2) is 48.5 Å². The molecule has 0 bridgehead atoms. The summed E-state index contributed by atoms with van der Waals surface area (Å²) in [4.78, 5) is 26.2. The van der Waals surface area contributed by atoms with Gasteiger partial charge in [-0.15, -0.1) is 0 Å². The Morgan fingerprint density at radius 2 is 1.15 bits per heavy atom. The molecule has 0 saturated heterocycles. The van der Waals surface area contributed by atoms with Crippen LogP contribution in [-0.2, 0) is 9.59 Å². The summed E-state index contributed by atoms with van der Waals surface area (Å²) in [6.07, 6.45) is 0. The number of amides is 2. The maximum absolute atomic E-state index is 12.2. The molecule has 0 saturated carbocycles. The Morgan fingerprint density at radius 1 is 0.778 bits per heavy atom. The Balaban J connectivity index is 1.83. The molecule has 0 atom stereocenters. The molecule has 2 aromatic rings. The lowest BCUT2D eigenvalue weighted by atomic mass is 10.3.